The van der Waals surface area contributed by atoms with E-state index < -0.39 is 15.1 Å². The largest absolute Gasteiger partial charge is 1.27 e. The van der Waals surface area contributed by atoms with Gasteiger partial charge in [0.15, 0.2) is 0 Å². The van der Waals surface area contributed by atoms with E-state index in [0.29, 0.717) is 0 Å². The molecular formula is AlN3O6. The van der Waals surface area contributed by atoms with Crippen molar-refractivity contribution in [1.29, 1.82) is 0 Å². The smallest absolute Gasteiger partial charge is 0.436 e. The van der Waals surface area contributed by atoms with Crippen molar-refractivity contribution in [3.63, 3.8) is 0 Å². The second kappa shape index (κ2) is 5.86. The second-order valence-corrected chi connectivity index (χ2v) is 2.04. The molecule has 0 N–H and O–H groups in total. The van der Waals surface area contributed by atoms with E-state index in [1.807, 2.05) is 16.0 Å². The average Bonchev–Trinajstić information content (AvgIpc) is 1.90. The molecule has 0 heterocycles. The van der Waals surface area contributed by atoms with Crippen LogP contribution in [0.25, 0.3) is 0 Å². The predicted octanol–water partition coefficient (Wildman–Crippen LogP) is 0.0653. The first-order valence-electron chi connectivity index (χ1n) is 1.80. The highest BCUT2D eigenvalue weighted by atomic mass is 27.3. The lowest BCUT2D eigenvalue weighted by molar-refractivity contribution is 0.0970. The summed E-state index contributed by atoms with van der Waals surface area (Å²) in [6.45, 7) is 0. The first kappa shape index (κ1) is 8.73. The van der Waals surface area contributed by atoms with Crippen molar-refractivity contribution < 1.29 is 11.7 Å². The van der Waals surface area contributed by atoms with Gasteiger partial charge in [-0.2, -0.15) is 0 Å². The van der Waals surface area contributed by atoms with E-state index in [4.69, 9.17) is 0 Å². The Labute approximate surface area is 58.4 Å². The molecular weight excluding hydrogens is 165 g/mol. The highest BCUT2D eigenvalue weighted by molar-refractivity contribution is 6.35. The molecule has 0 atom stereocenters. The van der Waals surface area contributed by atoms with Crippen molar-refractivity contribution in [2.24, 2.45) is 16.0 Å². The minimum atomic E-state index is -3.17. The Balaban J connectivity index is 3.58. The van der Waals surface area contributed by atoms with Crippen LogP contribution in [0, 0.1) is 14.7 Å². The van der Waals surface area contributed by atoms with E-state index in [1.165, 1.54) is 0 Å². The van der Waals surface area contributed by atoms with Gasteiger partial charge in [-0.25, -0.2) is 0 Å². The molecule has 54 valence electrons. The minimum Gasteiger partial charge on any atom is -0.436 e. The highest BCUT2D eigenvalue weighted by Gasteiger charge is 2.49. The van der Waals surface area contributed by atoms with Crippen LogP contribution in [-0.2, 0) is 11.7 Å². The standard InChI is InChI=1S/Al.3HNO2/c;3*2-1-3/h;3*(H,2,3)/q+3;;;/p-3. The van der Waals surface area contributed by atoms with Crippen molar-refractivity contribution in [2.45, 2.75) is 0 Å². The third kappa shape index (κ3) is 3.70. The van der Waals surface area contributed by atoms with Gasteiger partial charge in [0.2, 0.25) is 0 Å². The summed E-state index contributed by atoms with van der Waals surface area (Å²) < 4.78 is 11.1. The van der Waals surface area contributed by atoms with E-state index in [0.717, 1.165) is 0 Å². The number of hydrogen-bond donors (Lipinski definition) is 0. The molecule has 0 radical (unpaired) electrons. The number of rotatable bonds is 6. The Morgan fingerprint density at radius 2 is 1.10 bits per heavy atom. The van der Waals surface area contributed by atoms with Crippen molar-refractivity contribution >= 4 is 15.1 Å². The molecule has 9 nitrogen and oxygen atoms in total. The van der Waals surface area contributed by atoms with Gasteiger partial charge in [0.25, 0.3) is 0 Å². The van der Waals surface area contributed by atoms with Crippen molar-refractivity contribution in [1.82, 2.24) is 0 Å². The number of nitrogens with zero attached hydrogens (tertiary/aromatic N) is 3. The summed E-state index contributed by atoms with van der Waals surface area (Å²) in [6.07, 6.45) is 0. The summed E-state index contributed by atoms with van der Waals surface area (Å²) in [7, 11) is 0. The van der Waals surface area contributed by atoms with Crippen LogP contribution in [0.4, 0.5) is 0 Å². The van der Waals surface area contributed by atoms with E-state index in [2.05, 4.69) is 11.7 Å². The molecule has 0 unspecified atom stereocenters. The van der Waals surface area contributed by atoms with Crippen LogP contribution in [-0.4, -0.2) is 15.1 Å². The fourth-order valence-corrected chi connectivity index (χ4v) is 0.489. The van der Waals surface area contributed by atoms with E-state index >= 15 is 0 Å². The van der Waals surface area contributed by atoms with Gasteiger partial charge in [-0.05, 0) is 0 Å². The molecule has 10 heavy (non-hydrogen) atoms. The van der Waals surface area contributed by atoms with Gasteiger partial charge >= 0.3 is 15.1 Å². The maximum atomic E-state index is 9.28. The second-order valence-electron chi connectivity index (χ2n) is 0.829. The van der Waals surface area contributed by atoms with E-state index in [-0.39, 0.29) is 0 Å². The van der Waals surface area contributed by atoms with Crippen molar-refractivity contribution in [2.75, 3.05) is 0 Å². The molecule has 0 saturated carbocycles. The molecule has 10 heteroatoms. The monoisotopic (exact) mass is 165 g/mol. The molecule has 0 aromatic rings. The third-order valence-electron chi connectivity index (χ3n) is 0.387. The number of hydrogen-bond acceptors (Lipinski definition) is 9. The SMILES string of the molecule is O=N[O][Al]([O]N=O)[O]N=O. The van der Waals surface area contributed by atoms with Gasteiger partial charge in [0, 0.05) is 0 Å². The Kier molecular flexibility index (Phi) is 5.12. The predicted molar refractivity (Wildman–Crippen MR) is 26.4 cm³/mol. The fourth-order valence-electron chi connectivity index (χ4n) is 0.163. The van der Waals surface area contributed by atoms with Crippen LogP contribution in [0.1, 0.15) is 0 Å². The maximum absolute atomic E-state index is 9.28. The molecule has 0 saturated heterocycles. The Morgan fingerprint density at radius 1 is 0.800 bits per heavy atom. The molecule has 0 bridgehead atoms. The lowest BCUT2D eigenvalue weighted by atomic mass is 13.4. The zero-order chi connectivity index (χ0) is 7.82. The summed E-state index contributed by atoms with van der Waals surface area (Å²) >= 11 is -3.17. The average molecular weight is 165 g/mol. The molecule has 0 aliphatic carbocycles. The lowest BCUT2D eigenvalue weighted by Crippen LogP contribution is -2.19. The first-order chi connectivity index (χ1) is 4.85. The summed E-state index contributed by atoms with van der Waals surface area (Å²) in [5, 5.41) is 5.51. The van der Waals surface area contributed by atoms with Crippen LogP contribution in [0.3, 0.4) is 0 Å². The van der Waals surface area contributed by atoms with Gasteiger partial charge in [-0.1, -0.05) is 0 Å². The summed E-state index contributed by atoms with van der Waals surface area (Å²) in [6, 6.07) is 0. The normalized spacial score (nSPS) is 7.20. The molecule has 0 rings (SSSR count). The van der Waals surface area contributed by atoms with Crippen molar-refractivity contribution in [3.8, 4) is 0 Å². The topological polar surface area (TPSA) is 116 Å². The van der Waals surface area contributed by atoms with Crippen LogP contribution in [0.15, 0.2) is 16.0 Å². The lowest BCUT2D eigenvalue weighted by Gasteiger charge is -1.93. The maximum Gasteiger partial charge on any atom is 1.27 e. The van der Waals surface area contributed by atoms with E-state index in [1.54, 1.807) is 0 Å². The Hall–Kier alpha value is -1.27. The van der Waals surface area contributed by atoms with Gasteiger partial charge < -0.3 is 11.7 Å². The van der Waals surface area contributed by atoms with Crippen LogP contribution in [0.2, 0.25) is 0 Å². The molecule has 0 fully saturated rings. The Bertz CT molecular complexity index is 100. The van der Waals surface area contributed by atoms with Crippen LogP contribution >= 0.6 is 0 Å². The first-order valence-corrected chi connectivity index (χ1v) is 3.22. The Morgan fingerprint density at radius 3 is 1.30 bits per heavy atom. The fraction of sp³-hybridized carbons (Fsp3) is 0. The molecule has 0 aliphatic heterocycles. The molecule has 0 spiro atoms. The van der Waals surface area contributed by atoms with Crippen molar-refractivity contribution in [3.05, 3.63) is 14.7 Å². The zero-order valence-electron chi connectivity index (χ0n) is 4.37. The third-order valence-corrected chi connectivity index (χ3v) is 1.16. The van der Waals surface area contributed by atoms with Crippen LogP contribution in [0.5, 0.6) is 0 Å². The molecule has 0 aromatic carbocycles. The summed E-state index contributed by atoms with van der Waals surface area (Å²) in [5.41, 5.74) is 0. The highest BCUT2D eigenvalue weighted by Crippen LogP contribution is 1.92. The van der Waals surface area contributed by atoms with Gasteiger partial charge in [0.1, 0.15) is 16.0 Å². The zero-order valence-corrected chi connectivity index (χ0v) is 5.52. The minimum absolute atomic E-state index is 1.84. The van der Waals surface area contributed by atoms with Crippen LogP contribution < -0.4 is 0 Å². The van der Waals surface area contributed by atoms with Gasteiger partial charge in [-0.15, -0.1) is 14.7 Å². The molecule has 0 aliphatic rings. The van der Waals surface area contributed by atoms with Gasteiger partial charge in [0.05, 0.1) is 0 Å². The summed E-state index contributed by atoms with van der Waals surface area (Å²) in [5.74, 6) is 0. The molecule has 0 aromatic heterocycles. The summed E-state index contributed by atoms with van der Waals surface area (Å²) in [4.78, 5) is 27.8. The quantitative estimate of drug-likeness (QED) is 0.312. The van der Waals surface area contributed by atoms with Gasteiger partial charge in [-0.3, -0.25) is 0 Å². The molecule has 0 amide bonds. The van der Waals surface area contributed by atoms with E-state index in [9.17, 15) is 14.7 Å².